The van der Waals surface area contributed by atoms with Crippen LogP contribution in [0.4, 0.5) is 5.69 Å². The number of nitrogens with one attached hydrogen (secondary N) is 1. The summed E-state index contributed by atoms with van der Waals surface area (Å²) in [4.78, 5) is 12.6. The number of amides is 1. The first kappa shape index (κ1) is 24.6. The number of nitrogens with zero attached hydrogens (tertiary/aromatic N) is 1. The van der Waals surface area contributed by atoms with E-state index < -0.39 is 5.91 Å². The molecule has 0 fully saturated rings. The van der Waals surface area contributed by atoms with E-state index in [2.05, 4.69) is 37.2 Å². The minimum absolute atomic E-state index is 0.0270. The van der Waals surface area contributed by atoms with Crippen LogP contribution in [0.25, 0.3) is 6.08 Å². The second-order valence-corrected chi connectivity index (χ2v) is 8.88. The summed E-state index contributed by atoms with van der Waals surface area (Å²) in [5.74, 6) is 0.598. The molecule has 0 aromatic heterocycles. The molecule has 0 aliphatic carbocycles. The number of benzene rings is 3. The zero-order chi connectivity index (χ0) is 23.8. The summed E-state index contributed by atoms with van der Waals surface area (Å²) in [5, 5.41) is 12.3. The topological polar surface area (TPSA) is 71.3 Å². The van der Waals surface area contributed by atoms with Gasteiger partial charge in [-0.15, -0.1) is 0 Å². The van der Waals surface area contributed by atoms with Gasteiger partial charge < -0.3 is 14.8 Å². The van der Waals surface area contributed by atoms with Gasteiger partial charge in [0.05, 0.1) is 11.1 Å². The maximum Gasteiger partial charge on any atom is 0.266 e. The summed E-state index contributed by atoms with van der Waals surface area (Å²) in [6.07, 6.45) is 1.52. The summed E-state index contributed by atoms with van der Waals surface area (Å²) < 4.78 is 13.4. The molecule has 0 saturated heterocycles. The van der Waals surface area contributed by atoms with Crippen LogP contribution in [-0.2, 0) is 11.4 Å². The molecule has 0 aliphatic heterocycles. The van der Waals surface area contributed by atoms with Crippen LogP contribution >= 0.6 is 31.9 Å². The van der Waals surface area contributed by atoms with Crippen LogP contribution in [0.15, 0.2) is 75.2 Å². The number of rotatable bonds is 8. The molecule has 0 atom stereocenters. The third-order valence-corrected chi connectivity index (χ3v) is 5.86. The molecular weight excluding hydrogens is 548 g/mol. The average Bonchev–Trinajstić information content (AvgIpc) is 2.79. The highest BCUT2D eigenvalue weighted by Gasteiger charge is 2.15. The fourth-order valence-corrected chi connectivity index (χ4v) is 3.88. The van der Waals surface area contributed by atoms with Crippen LogP contribution < -0.4 is 14.8 Å². The second-order valence-electron chi connectivity index (χ2n) is 7.11. The molecule has 3 rings (SSSR count). The monoisotopic (exact) mass is 568 g/mol. The molecular formula is C26H22Br2N2O3. The largest absolute Gasteiger partial charge is 0.490 e. The zero-order valence-electron chi connectivity index (χ0n) is 18.2. The number of anilines is 1. The smallest absolute Gasteiger partial charge is 0.266 e. The molecule has 1 N–H and O–H groups in total. The molecule has 0 heterocycles. The fourth-order valence-electron chi connectivity index (χ4n) is 3.04. The number of ether oxygens (including phenoxy) is 2. The normalized spacial score (nSPS) is 10.9. The molecule has 168 valence electrons. The summed E-state index contributed by atoms with van der Waals surface area (Å²) in [7, 11) is 0. The van der Waals surface area contributed by atoms with Gasteiger partial charge in [0.1, 0.15) is 18.2 Å². The van der Waals surface area contributed by atoms with Crippen LogP contribution in [-0.4, -0.2) is 12.5 Å². The van der Waals surface area contributed by atoms with Crippen LogP contribution in [0.2, 0.25) is 0 Å². The Kier molecular flexibility index (Phi) is 8.70. The minimum Gasteiger partial charge on any atom is -0.490 e. The lowest BCUT2D eigenvalue weighted by Crippen LogP contribution is -2.13. The molecule has 5 nitrogen and oxygen atoms in total. The van der Waals surface area contributed by atoms with Crippen molar-refractivity contribution >= 4 is 49.5 Å². The van der Waals surface area contributed by atoms with E-state index in [-0.39, 0.29) is 5.57 Å². The first-order valence-corrected chi connectivity index (χ1v) is 11.8. The van der Waals surface area contributed by atoms with Crippen LogP contribution in [0.5, 0.6) is 11.5 Å². The first-order valence-electron chi connectivity index (χ1n) is 10.2. The van der Waals surface area contributed by atoms with Crippen molar-refractivity contribution < 1.29 is 14.3 Å². The SMILES string of the molecule is CCOc1cc(/C=C(\C#N)C(=O)Nc2ccc(Br)cc2)cc(Br)c1OCc1ccccc1C. The number of carbonyl (C=O) groups is 1. The molecule has 0 bridgehead atoms. The summed E-state index contributed by atoms with van der Waals surface area (Å²) in [6, 6.07) is 20.7. The zero-order valence-corrected chi connectivity index (χ0v) is 21.4. The van der Waals surface area contributed by atoms with E-state index in [1.165, 1.54) is 6.08 Å². The van der Waals surface area contributed by atoms with Gasteiger partial charge in [0.15, 0.2) is 11.5 Å². The van der Waals surface area contributed by atoms with Gasteiger partial charge in [-0.25, -0.2) is 0 Å². The molecule has 0 aliphatic rings. The van der Waals surface area contributed by atoms with E-state index in [0.717, 1.165) is 15.6 Å². The van der Waals surface area contributed by atoms with Crippen molar-refractivity contribution in [1.82, 2.24) is 0 Å². The Hall–Kier alpha value is -3.08. The van der Waals surface area contributed by atoms with Crippen molar-refractivity contribution in [3.8, 4) is 17.6 Å². The van der Waals surface area contributed by atoms with E-state index in [1.54, 1.807) is 24.3 Å². The Morgan fingerprint density at radius 2 is 1.82 bits per heavy atom. The molecule has 33 heavy (non-hydrogen) atoms. The predicted molar refractivity (Wildman–Crippen MR) is 137 cm³/mol. The number of halogens is 2. The average molecular weight is 570 g/mol. The molecule has 0 saturated carbocycles. The van der Waals surface area contributed by atoms with Gasteiger partial charge in [0.2, 0.25) is 0 Å². The number of hydrogen-bond donors (Lipinski definition) is 1. The third kappa shape index (κ3) is 6.70. The highest BCUT2D eigenvalue weighted by molar-refractivity contribution is 9.10. The Labute approximate surface area is 210 Å². The fraction of sp³-hybridized carbons (Fsp3) is 0.154. The third-order valence-electron chi connectivity index (χ3n) is 4.74. The van der Waals surface area contributed by atoms with E-state index >= 15 is 0 Å². The van der Waals surface area contributed by atoms with Crippen molar-refractivity contribution in [3.63, 3.8) is 0 Å². The Balaban J connectivity index is 1.85. The summed E-state index contributed by atoms with van der Waals surface area (Å²) in [6.45, 7) is 4.75. The molecule has 0 unspecified atom stereocenters. The van der Waals surface area contributed by atoms with Gasteiger partial charge in [-0.3, -0.25) is 4.79 Å². The van der Waals surface area contributed by atoms with Crippen molar-refractivity contribution in [1.29, 1.82) is 5.26 Å². The lowest BCUT2D eigenvalue weighted by molar-refractivity contribution is -0.112. The summed E-state index contributed by atoms with van der Waals surface area (Å²) >= 11 is 6.90. The quantitative estimate of drug-likeness (QED) is 0.233. The summed E-state index contributed by atoms with van der Waals surface area (Å²) in [5.41, 5.74) is 3.42. The highest BCUT2D eigenvalue weighted by atomic mass is 79.9. The number of carbonyl (C=O) groups excluding carboxylic acids is 1. The lowest BCUT2D eigenvalue weighted by atomic mass is 10.1. The molecule has 0 spiro atoms. The Bertz CT molecular complexity index is 1220. The van der Waals surface area contributed by atoms with Crippen LogP contribution in [0, 0.1) is 18.3 Å². The Morgan fingerprint density at radius 1 is 1.09 bits per heavy atom. The number of hydrogen-bond acceptors (Lipinski definition) is 4. The number of aryl methyl sites for hydroxylation is 1. The maximum absolute atomic E-state index is 12.6. The van der Waals surface area contributed by atoms with Gasteiger partial charge in [-0.2, -0.15) is 5.26 Å². The molecule has 0 radical (unpaired) electrons. The molecule has 3 aromatic rings. The Morgan fingerprint density at radius 3 is 2.48 bits per heavy atom. The first-order chi connectivity index (χ1) is 15.9. The van der Waals surface area contributed by atoms with Gasteiger partial charge in [-0.05, 0) is 88.9 Å². The van der Waals surface area contributed by atoms with Gasteiger partial charge in [-0.1, -0.05) is 40.2 Å². The van der Waals surface area contributed by atoms with E-state index in [4.69, 9.17) is 9.47 Å². The molecule has 1 amide bonds. The van der Waals surface area contributed by atoms with E-state index in [1.807, 2.05) is 56.3 Å². The minimum atomic E-state index is -0.492. The van der Waals surface area contributed by atoms with Crippen molar-refractivity contribution in [3.05, 3.63) is 91.9 Å². The van der Waals surface area contributed by atoms with Crippen molar-refractivity contribution in [2.24, 2.45) is 0 Å². The van der Waals surface area contributed by atoms with Crippen molar-refractivity contribution in [2.75, 3.05) is 11.9 Å². The predicted octanol–water partition coefficient (Wildman–Crippen LogP) is 7.04. The van der Waals surface area contributed by atoms with Gasteiger partial charge in [0.25, 0.3) is 5.91 Å². The maximum atomic E-state index is 12.6. The van der Waals surface area contributed by atoms with Gasteiger partial charge >= 0.3 is 0 Å². The molecule has 3 aromatic carbocycles. The van der Waals surface area contributed by atoms with Crippen molar-refractivity contribution in [2.45, 2.75) is 20.5 Å². The number of nitriles is 1. The second kappa shape index (κ2) is 11.7. The van der Waals surface area contributed by atoms with E-state index in [9.17, 15) is 10.1 Å². The van der Waals surface area contributed by atoms with Gasteiger partial charge in [0, 0.05) is 10.2 Å². The lowest BCUT2D eigenvalue weighted by Gasteiger charge is -2.15. The highest BCUT2D eigenvalue weighted by Crippen LogP contribution is 2.38. The van der Waals surface area contributed by atoms with Crippen LogP contribution in [0.3, 0.4) is 0 Å². The standard InChI is InChI=1S/C26H22Br2N2O3/c1-3-32-24-14-18(12-20(15-29)26(31)30-22-10-8-21(27)9-11-22)13-23(28)25(24)33-16-19-7-5-4-6-17(19)2/h4-14H,3,16H2,1-2H3,(H,30,31)/b20-12+. The van der Waals surface area contributed by atoms with E-state index in [0.29, 0.717) is 40.4 Å². The van der Waals surface area contributed by atoms with Crippen LogP contribution in [0.1, 0.15) is 23.6 Å². The molecule has 7 heteroatoms.